The fourth-order valence-electron chi connectivity index (χ4n) is 1.76. The molecule has 0 aliphatic heterocycles. The molecule has 0 saturated heterocycles. The lowest BCUT2D eigenvalue weighted by molar-refractivity contribution is 0.679. The number of aryl methyl sites for hydroxylation is 1. The van der Waals surface area contributed by atoms with Crippen molar-refractivity contribution >= 4 is 16.7 Å². The zero-order chi connectivity index (χ0) is 13.7. The first-order valence-electron chi connectivity index (χ1n) is 6.55. The van der Waals surface area contributed by atoms with Crippen LogP contribution in [-0.2, 0) is 6.42 Å². The van der Waals surface area contributed by atoms with Crippen LogP contribution in [0.2, 0.25) is 0 Å². The molecule has 19 heavy (non-hydrogen) atoms. The summed E-state index contributed by atoms with van der Waals surface area (Å²) in [5.41, 5.74) is 8.37. The number of hydrogen-bond donors (Lipinski definition) is 2. The van der Waals surface area contributed by atoms with E-state index < -0.39 is 0 Å². The van der Waals surface area contributed by atoms with Gasteiger partial charge in [-0.1, -0.05) is 36.8 Å². The molecule has 0 fully saturated rings. The van der Waals surface area contributed by atoms with Crippen molar-refractivity contribution in [2.75, 3.05) is 11.9 Å². The second-order valence-corrected chi connectivity index (χ2v) is 5.48. The summed E-state index contributed by atoms with van der Waals surface area (Å²) < 4.78 is 4.37. The van der Waals surface area contributed by atoms with Gasteiger partial charge in [0.2, 0.25) is 5.13 Å². The molecule has 0 saturated carbocycles. The average Bonchev–Trinajstić information content (AvgIpc) is 2.83. The SMILES string of the molecule is CCC(N)CNc1nc(Cc2cccc(C)c2)ns1. The summed E-state index contributed by atoms with van der Waals surface area (Å²) in [4.78, 5) is 4.48. The Bertz CT molecular complexity index is 524. The van der Waals surface area contributed by atoms with E-state index in [1.54, 1.807) is 0 Å². The van der Waals surface area contributed by atoms with Crippen molar-refractivity contribution in [2.45, 2.75) is 32.7 Å². The predicted molar refractivity (Wildman–Crippen MR) is 80.7 cm³/mol. The van der Waals surface area contributed by atoms with Crippen LogP contribution in [0.3, 0.4) is 0 Å². The summed E-state index contributed by atoms with van der Waals surface area (Å²) in [5.74, 6) is 0.864. The highest BCUT2D eigenvalue weighted by molar-refractivity contribution is 7.09. The van der Waals surface area contributed by atoms with Gasteiger partial charge in [0.1, 0.15) is 5.82 Å². The van der Waals surface area contributed by atoms with E-state index in [0.29, 0.717) is 0 Å². The van der Waals surface area contributed by atoms with Gasteiger partial charge in [-0.05, 0) is 18.9 Å². The summed E-state index contributed by atoms with van der Waals surface area (Å²) in [6.45, 7) is 4.92. The molecule has 1 heterocycles. The first-order chi connectivity index (χ1) is 9.17. The number of rotatable bonds is 6. The summed E-state index contributed by atoms with van der Waals surface area (Å²) in [7, 11) is 0. The molecule has 0 aliphatic rings. The molecule has 2 aromatic rings. The number of nitrogens with one attached hydrogen (secondary N) is 1. The second-order valence-electron chi connectivity index (χ2n) is 4.73. The van der Waals surface area contributed by atoms with Gasteiger partial charge in [-0.15, -0.1) is 0 Å². The van der Waals surface area contributed by atoms with Gasteiger partial charge in [-0.25, -0.2) is 4.98 Å². The Hall–Kier alpha value is -1.46. The molecule has 1 atom stereocenters. The fraction of sp³-hybridized carbons (Fsp3) is 0.429. The minimum Gasteiger partial charge on any atom is -0.359 e. The van der Waals surface area contributed by atoms with Crippen LogP contribution >= 0.6 is 11.5 Å². The highest BCUT2D eigenvalue weighted by Gasteiger charge is 2.06. The third kappa shape index (κ3) is 4.29. The summed E-state index contributed by atoms with van der Waals surface area (Å²) >= 11 is 1.40. The molecule has 1 aromatic heterocycles. The number of anilines is 1. The van der Waals surface area contributed by atoms with E-state index in [9.17, 15) is 0 Å². The summed E-state index contributed by atoms with van der Waals surface area (Å²) in [6, 6.07) is 8.60. The van der Waals surface area contributed by atoms with Crippen LogP contribution in [-0.4, -0.2) is 21.9 Å². The zero-order valence-electron chi connectivity index (χ0n) is 11.4. The number of nitrogens with two attached hydrogens (primary N) is 1. The molecule has 3 N–H and O–H groups in total. The Kier molecular flexibility index (Phi) is 4.87. The molecule has 102 valence electrons. The van der Waals surface area contributed by atoms with Crippen molar-refractivity contribution in [3.8, 4) is 0 Å². The Labute approximate surface area is 118 Å². The van der Waals surface area contributed by atoms with Crippen molar-refractivity contribution in [3.05, 3.63) is 41.2 Å². The smallest absolute Gasteiger partial charge is 0.202 e. The monoisotopic (exact) mass is 276 g/mol. The van der Waals surface area contributed by atoms with Crippen molar-refractivity contribution < 1.29 is 0 Å². The molecule has 1 aromatic carbocycles. The standard InChI is InChI=1S/C14H20N4S/c1-3-12(15)9-16-14-17-13(18-19-14)8-11-6-4-5-10(2)7-11/h4-7,12H,3,8-9,15H2,1-2H3,(H,16,17,18). The zero-order valence-corrected chi connectivity index (χ0v) is 12.2. The Balaban J connectivity index is 1.94. The number of hydrogen-bond acceptors (Lipinski definition) is 5. The van der Waals surface area contributed by atoms with Crippen LogP contribution in [0, 0.1) is 6.92 Å². The molecule has 0 spiro atoms. The van der Waals surface area contributed by atoms with E-state index in [4.69, 9.17) is 5.73 Å². The molecule has 1 unspecified atom stereocenters. The van der Waals surface area contributed by atoms with Gasteiger partial charge >= 0.3 is 0 Å². The van der Waals surface area contributed by atoms with Gasteiger partial charge in [-0.3, -0.25) is 0 Å². The average molecular weight is 276 g/mol. The van der Waals surface area contributed by atoms with Gasteiger partial charge in [0.05, 0.1) is 0 Å². The topological polar surface area (TPSA) is 63.8 Å². The fourth-order valence-corrected chi connectivity index (χ4v) is 2.36. The van der Waals surface area contributed by atoms with Crippen molar-refractivity contribution in [1.29, 1.82) is 0 Å². The van der Waals surface area contributed by atoms with Crippen molar-refractivity contribution in [3.63, 3.8) is 0 Å². The number of benzene rings is 1. The van der Waals surface area contributed by atoms with E-state index in [1.165, 1.54) is 22.7 Å². The number of aromatic nitrogens is 2. The van der Waals surface area contributed by atoms with Gasteiger partial charge < -0.3 is 11.1 Å². The van der Waals surface area contributed by atoms with Crippen LogP contribution in [0.1, 0.15) is 30.3 Å². The predicted octanol–water partition coefficient (Wildman–Crippen LogP) is 2.59. The molecule has 4 nitrogen and oxygen atoms in total. The van der Waals surface area contributed by atoms with Crippen molar-refractivity contribution in [1.82, 2.24) is 9.36 Å². The lowest BCUT2D eigenvalue weighted by Gasteiger charge is -2.07. The second kappa shape index (κ2) is 6.63. The van der Waals surface area contributed by atoms with Gasteiger partial charge in [0.25, 0.3) is 0 Å². The van der Waals surface area contributed by atoms with E-state index >= 15 is 0 Å². The number of nitrogens with zero attached hydrogens (tertiary/aromatic N) is 2. The third-order valence-corrected chi connectivity index (χ3v) is 3.66. The molecule has 0 amide bonds. The van der Waals surface area contributed by atoms with E-state index in [0.717, 1.165) is 30.3 Å². The summed E-state index contributed by atoms with van der Waals surface area (Å²) in [5, 5.41) is 4.09. The Morgan fingerprint density at radius 2 is 2.26 bits per heavy atom. The Morgan fingerprint density at radius 1 is 1.42 bits per heavy atom. The molecule has 2 rings (SSSR count). The maximum Gasteiger partial charge on any atom is 0.202 e. The largest absolute Gasteiger partial charge is 0.359 e. The Morgan fingerprint density at radius 3 is 3.00 bits per heavy atom. The van der Waals surface area contributed by atoms with Crippen molar-refractivity contribution in [2.24, 2.45) is 5.73 Å². The first kappa shape index (κ1) is 14.0. The molecular weight excluding hydrogens is 256 g/mol. The van der Waals surface area contributed by atoms with E-state index in [1.807, 2.05) is 0 Å². The maximum atomic E-state index is 5.86. The quantitative estimate of drug-likeness (QED) is 0.851. The van der Waals surface area contributed by atoms with Crippen LogP contribution in [0.5, 0.6) is 0 Å². The minimum absolute atomic E-state index is 0.170. The first-order valence-corrected chi connectivity index (χ1v) is 7.32. The lowest BCUT2D eigenvalue weighted by Crippen LogP contribution is -2.27. The molecule has 0 aliphatic carbocycles. The molecule has 5 heteroatoms. The maximum absolute atomic E-state index is 5.86. The van der Waals surface area contributed by atoms with E-state index in [2.05, 4.69) is 52.8 Å². The lowest BCUT2D eigenvalue weighted by atomic mass is 10.1. The van der Waals surface area contributed by atoms with Gasteiger partial charge in [0, 0.05) is 30.5 Å². The van der Waals surface area contributed by atoms with Gasteiger partial charge in [0.15, 0.2) is 0 Å². The van der Waals surface area contributed by atoms with Crippen LogP contribution < -0.4 is 11.1 Å². The molecular formula is C14H20N4S. The highest BCUT2D eigenvalue weighted by atomic mass is 32.1. The van der Waals surface area contributed by atoms with Crippen LogP contribution in [0.15, 0.2) is 24.3 Å². The highest BCUT2D eigenvalue weighted by Crippen LogP contribution is 2.15. The third-order valence-electron chi connectivity index (χ3n) is 2.95. The van der Waals surface area contributed by atoms with Gasteiger partial charge in [-0.2, -0.15) is 4.37 Å². The normalized spacial score (nSPS) is 12.4. The van der Waals surface area contributed by atoms with E-state index in [-0.39, 0.29) is 6.04 Å². The summed E-state index contributed by atoms with van der Waals surface area (Å²) in [6.07, 6.45) is 1.74. The van der Waals surface area contributed by atoms with Crippen LogP contribution in [0.4, 0.5) is 5.13 Å². The minimum atomic E-state index is 0.170. The molecule has 0 radical (unpaired) electrons. The van der Waals surface area contributed by atoms with Crippen LogP contribution in [0.25, 0.3) is 0 Å². The molecule has 0 bridgehead atoms.